The fourth-order valence-corrected chi connectivity index (χ4v) is 6.01. The van der Waals surface area contributed by atoms with Gasteiger partial charge < -0.3 is 24.3 Å². The summed E-state index contributed by atoms with van der Waals surface area (Å²) in [5.74, 6) is 1.23. The van der Waals surface area contributed by atoms with Gasteiger partial charge in [0.05, 0.1) is 7.11 Å². The van der Waals surface area contributed by atoms with Crippen molar-refractivity contribution in [2.45, 2.75) is 12.6 Å². The first kappa shape index (κ1) is 23.9. The Morgan fingerprint density at radius 3 is 2.66 bits per heavy atom. The Balaban J connectivity index is 1.51. The van der Waals surface area contributed by atoms with Gasteiger partial charge in [-0.2, -0.15) is 0 Å². The number of benzene rings is 3. The molecule has 0 aliphatic carbocycles. The van der Waals surface area contributed by atoms with Crippen LogP contribution in [0.2, 0.25) is 0 Å². The molecule has 4 aromatic rings. The first-order chi connectivity index (χ1) is 16.9. The number of nitrogens with one attached hydrogen (secondary N) is 1. The van der Waals surface area contributed by atoms with Crippen LogP contribution in [0.15, 0.2) is 48.5 Å². The van der Waals surface area contributed by atoms with Crippen molar-refractivity contribution >= 4 is 52.4 Å². The number of aromatic amines is 1. The molecular formula is C27H29ClN3O3P. The van der Waals surface area contributed by atoms with Crippen molar-refractivity contribution in [2.24, 2.45) is 0 Å². The number of rotatable bonds is 7. The zero-order chi connectivity index (χ0) is 24.7. The van der Waals surface area contributed by atoms with Gasteiger partial charge in [0.1, 0.15) is 12.3 Å². The van der Waals surface area contributed by atoms with Crippen LogP contribution >= 0.6 is 19.2 Å². The largest absolute Gasteiger partial charge is 0.493 e. The molecule has 0 radical (unpaired) electrons. The van der Waals surface area contributed by atoms with Crippen LogP contribution in [0.5, 0.6) is 11.5 Å². The standard InChI is InChI=1S/C27H29ClN3O3P/c1-16-11-22-26(19-8-6-5-7-18(16)19)25(35-28)15-31(22)27(32)21-12-17-13-24(34-10-9-30(2)3)23(33-4)14-20(17)29-21/h5-8,11-14,25,29,35H,9-10,15H2,1-4H3/t25-/m1/s1. The number of likely N-dealkylation sites (N-methyl/N-ethyl adjacent to an activating group) is 1. The van der Waals surface area contributed by atoms with Crippen LogP contribution in [0.25, 0.3) is 21.7 Å². The lowest BCUT2D eigenvalue weighted by molar-refractivity contribution is 0.0985. The Morgan fingerprint density at radius 1 is 1.17 bits per heavy atom. The average molecular weight is 510 g/mol. The van der Waals surface area contributed by atoms with Crippen LogP contribution in [0, 0.1) is 6.92 Å². The number of nitrogens with zero attached hydrogens (tertiary/aromatic N) is 2. The first-order valence-corrected chi connectivity index (χ1v) is 13.7. The van der Waals surface area contributed by atoms with Gasteiger partial charge in [-0.1, -0.05) is 35.5 Å². The summed E-state index contributed by atoms with van der Waals surface area (Å²) in [7, 11) is 5.82. The summed E-state index contributed by atoms with van der Waals surface area (Å²) >= 11 is 6.42. The van der Waals surface area contributed by atoms with Crippen molar-refractivity contribution in [1.29, 1.82) is 0 Å². The summed E-state index contributed by atoms with van der Waals surface area (Å²) in [6.07, 6.45) is 0. The molecule has 3 aromatic carbocycles. The zero-order valence-electron chi connectivity index (χ0n) is 20.3. The predicted octanol–water partition coefficient (Wildman–Crippen LogP) is 6.11. The molecule has 0 bridgehead atoms. The number of anilines is 1. The second kappa shape index (κ2) is 9.69. The number of hydrogen-bond acceptors (Lipinski definition) is 4. The summed E-state index contributed by atoms with van der Waals surface area (Å²) in [4.78, 5) is 21.0. The smallest absolute Gasteiger partial charge is 0.274 e. The molecule has 1 unspecified atom stereocenters. The highest BCUT2D eigenvalue weighted by Crippen LogP contribution is 2.51. The third-order valence-electron chi connectivity index (χ3n) is 6.58. The van der Waals surface area contributed by atoms with E-state index < -0.39 is 0 Å². The molecule has 5 rings (SSSR count). The summed E-state index contributed by atoms with van der Waals surface area (Å²) in [6.45, 7) is 4.00. The monoisotopic (exact) mass is 509 g/mol. The fraction of sp³-hybridized carbons (Fsp3) is 0.296. The van der Waals surface area contributed by atoms with Crippen molar-refractivity contribution in [3.63, 3.8) is 0 Å². The molecule has 1 aromatic heterocycles. The number of carbonyl (C=O) groups excluding carboxylic acids is 1. The Bertz CT molecular complexity index is 1420. The molecule has 0 fully saturated rings. The molecular weight excluding hydrogens is 481 g/mol. The van der Waals surface area contributed by atoms with Crippen LogP contribution in [-0.2, 0) is 0 Å². The van der Waals surface area contributed by atoms with Gasteiger partial charge in [-0.15, -0.1) is 0 Å². The van der Waals surface area contributed by atoms with Crippen LogP contribution < -0.4 is 14.4 Å². The van der Waals surface area contributed by atoms with E-state index >= 15 is 0 Å². The highest BCUT2D eigenvalue weighted by molar-refractivity contribution is 7.68. The third kappa shape index (κ3) is 4.35. The molecule has 1 aliphatic heterocycles. The van der Waals surface area contributed by atoms with E-state index in [0.717, 1.165) is 28.7 Å². The topological polar surface area (TPSA) is 57.8 Å². The minimum Gasteiger partial charge on any atom is -0.493 e. The van der Waals surface area contributed by atoms with Crippen LogP contribution in [0.4, 0.5) is 5.69 Å². The van der Waals surface area contributed by atoms with E-state index in [0.29, 0.717) is 30.3 Å². The van der Waals surface area contributed by atoms with E-state index in [1.54, 1.807) is 7.11 Å². The molecule has 182 valence electrons. The van der Waals surface area contributed by atoms with E-state index in [1.807, 2.05) is 43.3 Å². The quantitative estimate of drug-likeness (QED) is 0.305. The SMILES string of the molecule is COc1cc2[nH]c(C(=O)N3C[C@@H](PCl)c4c3cc(C)c3ccccc43)cc2cc1OCCN(C)C. The number of aryl methyl sites for hydroxylation is 1. The third-order valence-corrected chi connectivity index (χ3v) is 8.11. The van der Waals surface area contributed by atoms with Crippen LogP contribution in [-0.4, -0.2) is 56.7 Å². The number of ether oxygens (including phenoxy) is 2. The lowest BCUT2D eigenvalue weighted by Gasteiger charge is -2.18. The van der Waals surface area contributed by atoms with Crippen LogP contribution in [0.3, 0.4) is 0 Å². The summed E-state index contributed by atoms with van der Waals surface area (Å²) < 4.78 is 11.5. The minimum atomic E-state index is -0.0661. The Labute approximate surface area is 211 Å². The highest BCUT2D eigenvalue weighted by atomic mass is 35.7. The van der Waals surface area contributed by atoms with E-state index in [1.165, 1.54) is 16.3 Å². The number of halogens is 1. The summed E-state index contributed by atoms with van der Waals surface area (Å²) in [6, 6.07) is 16.2. The van der Waals surface area contributed by atoms with Crippen molar-refractivity contribution in [3.8, 4) is 11.5 Å². The number of H-pyrrole nitrogens is 1. The van der Waals surface area contributed by atoms with E-state index in [2.05, 4.69) is 41.1 Å². The van der Waals surface area contributed by atoms with E-state index in [9.17, 15) is 4.79 Å². The van der Waals surface area contributed by atoms with Crippen LogP contribution in [0.1, 0.15) is 27.3 Å². The van der Waals surface area contributed by atoms with Crippen molar-refractivity contribution in [2.75, 3.05) is 45.8 Å². The van der Waals surface area contributed by atoms with Gasteiger partial charge in [-0.3, -0.25) is 4.79 Å². The van der Waals surface area contributed by atoms with E-state index in [-0.39, 0.29) is 19.5 Å². The Hall–Kier alpha value is -2.79. The normalized spacial score (nSPS) is 15.6. The second-order valence-electron chi connectivity index (χ2n) is 9.17. The molecule has 35 heavy (non-hydrogen) atoms. The maximum absolute atomic E-state index is 13.8. The number of hydrogen-bond donors (Lipinski definition) is 1. The van der Waals surface area contributed by atoms with Crippen molar-refractivity contribution < 1.29 is 14.3 Å². The molecule has 2 heterocycles. The predicted molar refractivity (Wildman–Crippen MR) is 146 cm³/mol. The number of fused-ring (bicyclic) bond motifs is 4. The molecule has 6 nitrogen and oxygen atoms in total. The fourth-order valence-electron chi connectivity index (χ4n) is 4.81. The molecule has 1 amide bonds. The number of amides is 1. The van der Waals surface area contributed by atoms with Gasteiger partial charge in [-0.05, 0) is 69.1 Å². The van der Waals surface area contributed by atoms with Gasteiger partial charge in [0, 0.05) is 41.4 Å². The second-order valence-corrected chi connectivity index (χ2v) is 10.7. The zero-order valence-corrected chi connectivity index (χ0v) is 22.1. The molecule has 1 aliphatic rings. The average Bonchev–Trinajstić information content (AvgIpc) is 3.44. The number of carbonyl (C=O) groups is 1. The summed E-state index contributed by atoms with van der Waals surface area (Å²) in [5, 5.41) is 3.29. The van der Waals surface area contributed by atoms with Crippen molar-refractivity contribution in [1.82, 2.24) is 9.88 Å². The molecule has 0 spiro atoms. The maximum atomic E-state index is 13.8. The molecule has 1 N–H and O–H groups in total. The maximum Gasteiger partial charge on any atom is 0.274 e. The lowest BCUT2D eigenvalue weighted by atomic mass is 9.98. The van der Waals surface area contributed by atoms with Gasteiger partial charge in [-0.25, -0.2) is 0 Å². The van der Waals surface area contributed by atoms with E-state index in [4.69, 9.17) is 20.7 Å². The Morgan fingerprint density at radius 2 is 1.94 bits per heavy atom. The first-order valence-electron chi connectivity index (χ1n) is 11.6. The Kier molecular flexibility index (Phi) is 6.63. The number of aromatic nitrogens is 1. The lowest BCUT2D eigenvalue weighted by Crippen LogP contribution is -2.29. The minimum absolute atomic E-state index is 0.0661. The van der Waals surface area contributed by atoms with Crippen molar-refractivity contribution in [3.05, 3.63) is 65.4 Å². The highest BCUT2D eigenvalue weighted by Gasteiger charge is 2.35. The van der Waals surface area contributed by atoms with Gasteiger partial charge >= 0.3 is 0 Å². The summed E-state index contributed by atoms with van der Waals surface area (Å²) in [5.41, 5.74) is 4.74. The number of methoxy groups -OCH3 is 1. The van der Waals surface area contributed by atoms with Gasteiger partial charge in [0.2, 0.25) is 0 Å². The molecule has 8 heteroatoms. The molecule has 0 saturated heterocycles. The molecule has 0 saturated carbocycles. The molecule has 2 atom stereocenters. The van der Waals surface area contributed by atoms with Gasteiger partial charge in [0.15, 0.2) is 11.5 Å². The van der Waals surface area contributed by atoms with Gasteiger partial charge in [0.25, 0.3) is 5.91 Å².